The number of nitrogens with zero attached hydrogens (tertiary/aromatic N) is 4. The number of likely N-dealkylation sites (tertiary alicyclic amines) is 1. The molecule has 0 spiro atoms. The second-order valence-electron chi connectivity index (χ2n) is 3.38. The fourth-order valence-corrected chi connectivity index (χ4v) is 1.60. The first kappa shape index (κ1) is 9.07. The van der Waals surface area contributed by atoms with E-state index in [1.54, 1.807) is 4.90 Å². The molecule has 0 bridgehead atoms. The summed E-state index contributed by atoms with van der Waals surface area (Å²) in [6, 6.07) is 0. The maximum atomic E-state index is 11.7. The van der Waals surface area contributed by atoms with Gasteiger partial charge in [0, 0.05) is 13.1 Å². The summed E-state index contributed by atoms with van der Waals surface area (Å²) in [6.45, 7) is 2.05. The zero-order chi connectivity index (χ0) is 9.97. The monoisotopic (exact) mass is 196 g/mol. The van der Waals surface area contributed by atoms with Crippen molar-refractivity contribution in [2.45, 2.75) is 6.42 Å². The van der Waals surface area contributed by atoms with Crippen LogP contribution in [0.1, 0.15) is 17.0 Å². The molecule has 2 heterocycles. The van der Waals surface area contributed by atoms with Crippen LogP contribution >= 0.6 is 0 Å². The Hall–Kier alpha value is -1.50. The number of carbonyl (C=O) groups excluding carboxylic acids is 1. The van der Waals surface area contributed by atoms with Gasteiger partial charge in [-0.3, -0.25) is 4.79 Å². The van der Waals surface area contributed by atoms with Crippen LogP contribution in [-0.4, -0.2) is 51.1 Å². The average molecular weight is 196 g/mol. The fraction of sp³-hybridized carbons (Fsp3) is 0.714. The Bertz CT molecular complexity index is 310. The van der Waals surface area contributed by atoms with E-state index >= 15 is 0 Å². The molecule has 76 valence electrons. The van der Waals surface area contributed by atoms with Gasteiger partial charge in [-0.15, -0.1) is 10.2 Å². The van der Waals surface area contributed by atoms with Crippen molar-refractivity contribution in [1.29, 1.82) is 0 Å². The van der Waals surface area contributed by atoms with E-state index in [0.717, 1.165) is 13.0 Å². The van der Waals surface area contributed by atoms with Gasteiger partial charge in [-0.05, 0) is 24.1 Å². The van der Waals surface area contributed by atoms with Gasteiger partial charge in [-0.1, -0.05) is 0 Å². The van der Waals surface area contributed by atoms with E-state index in [4.69, 9.17) is 5.73 Å². The zero-order valence-electron chi connectivity index (χ0n) is 7.68. The molecule has 0 aromatic carbocycles. The SMILES string of the molecule is NCC1CCN(C(=O)c2nn[nH]n2)C1. The molecule has 7 heteroatoms. The first-order valence-electron chi connectivity index (χ1n) is 4.54. The van der Waals surface area contributed by atoms with Crippen molar-refractivity contribution >= 4 is 5.91 Å². The van der Waals surface area contributed by atoms with Gasteiger partial charge < -0.3 is 10.6 Å². The van der Waals surface area contributed by atoms with Crippen LogP contribution in [0.5, 0.6) is 0 Å². The summed E-state index contributed by atoms with van der Waals surface area (Å²) >= 11 is 0. The quantitative estimate of drug-likeness (QED) is 0.607. The smallest absolute Gasteiger partial charge is 0.295 e. The van der Waals surface area contributed by atoms with Crippen LogP contribution in [-0.2, 0) is 0 Å². The molecule has 0 saturated carbocycles. The number of nitrogens with one attached hydrogen (secondary N) is 1. The Kier molecular flexibility index (Phi) is 2.40. The molecule has 1 saturated heterocycles. The second kappa shape index (κ2) is 3.70. The lowest BCUT2D eigenvalue weighted by Crippen LogP contribution is -2.30. The summed E-state index contributed by atoms with van der Waals surface area (Å²) in [7, 11) is 0. The van der Waals surface area contributed by atoms with Crippen LogP contribution in [0.2, 0.25) is 0 Å². The molecule has 2 rings (SSSR count). The lowest BCUT2D eigenvalue weighted by Gasteiger charge is -2.13. The predicted molar refractivity (Wildman–Crippen MR) is 47.2 cm³/mol. The summed E-state index contributed by atoms with van der Waals surface area (Å²) in [5.74, 6) is 0.364. The maximum Gasteiger partial charge on any atom is 0.295 e. The molecule has 1 fully saturated rings. The van der Waals surface area contributed by atoms with Gasteiger partial charge in [0.15, 0.2) is 0 Å². The van der Waals surface area contributed by atoms with E-state index < -0.39 is 0 Å². The highest BCUT2D eigenvalue weighted by molar-refractivity contribution is 5.90. The Balaban J connectivity index is 2.00. The van der Waals surface area contributed by atoms with E-state index in [0.29, 0.717) is 19.0 Å². The summed E-state index contributed by atoms with van der Waals surface area (Å²) in [6.07, 6.45) is 0.958. The Labute approximate surface area is 80.6 Å². The fourth-order valence-electron chi connectivity index (χ4n) is 1.60. The highest BCUT2D eigenvalue weighted by atomic mass is 16.2. The minimum Gasteiger partial charge on any atom is -0.335 e. The van der Waals surface area contributed by atoms with Gasteiger partial charge in [-0.2, -0.15) is 5.21 Å². The molecule has 14 heavy (non-hydrogen) atoms. The number of hydrogen-bond donors (Lipinski definition) is 2. The predicted octanol–water partition coefficient (Wildman–Crippen LogP) is -1.38. The van der Waals surface area contributed by atoms with Gasteiger partial charge in [-0.25, -0.2) is 0 Å². The number of tetrazole rings is 1. The summed E-state index contributed by atoms with van der Waals surface area (Å²) in [5.41, 5.74) is 5.53. The van der Waals surface area contributed by atoms with Crippen LogP contribution in [0.25, 0.3) is 0 Å². The van der Waals surface area contributed by atoms with E-state index in [9.17, 15) is 4.79 Å². The molecule has 1 unspecified atom stereocenters. The Morgan fingerprint density at radius 2 is 2.57 bits per heavy atom. The first-order valence-corrected chi connectivity index (χ1v) is 4.54. The normalized spacial score (nSPS) is 21.5. The molecule has 1 aliphatic rings. The molecule has 0 radical (unpaired) electrons. The Morgan fingerprint density at radius 3 is 3.14 bits per heavy atom. The van der Waals surface area contributed by atoms with Crippen molar-refractivity contribution in [3.05, 3.63) is 5.82 Å². The second-order valence-corrected chi connectivity index (χ2v) is 3.38. The number of hydrogen-bond acceptors (Lipinski definition) is 5. The summed E-state index contributed by atoms with van der Waals surface area (Å²) in [5, 5.41) is 12.9. The summed E-state index contributed by atoms with van der Waals surface area (Å²) in [4.78, 5) is 13.4. The van der Waals surface area contributed by atoms with E-state index in [1.807, 2.05) is 0 Å². The van der Waals surface area contributed by atoms with Crippen molar-refractivity contribution in [3.8, 4) is 0 Å². The molecule has 1 aliphatic heterocycles. The van der Waals surface area contributed by atoms with Crippen LogP contribution in [0, 0.1) is 5.92 Å². The van der Waals surface area contributed by atoms with Crippen LogP contribution in [0.3, 0.4) is 0 Å². The third kappa shape index (κ3) is 1.58. The average Bonchev–Trinajstić information content (AvgIpc) is 2.88. The van der Waals surface area contributed by atoms with Crippen molar-refractivity contribution < 1.29 is 4.79 Å². The number of carbonyl (C=O) groups is 1. The van der Waals surface area contributed by atoms with Gasteiger partial charge in [0.2, 0.25) is 0 Å². The number of amides is 1. The van der Waals surface area contributed by atoms with Crippen LogP contribution in [0.4, 0.5) is 0 Å². The van der Waals surface area contributed by atoms with Crippen molar-refractivity contribution in [2.24, 2.45) is 11.7 Å². The number of nitrogens with two attached hydrogens (primary N) is 1. The lowest BCUT2D eigenvalue weighted by atomic mass is 10.1. The molecule has 3 N–H and O–H groups in total. The number of aromatic nitrogens is 4. The minimum absolute atomic E-state index is 0.127. The molecule has 1 atom stereocenters. The molecular formula is C7H12N6O. The highest BCUT2D eigenvalue weighted by Gasteiger charge is 2.27. The molecule has 1 aromatic rings. The summed E-state index contributed by atoms with van der Waals surface area (Å²) < 4.78 is 0. The first-order chi connectivity index (χ1) is 6.81. The van der Waals surface area contributed by atoms with E-state index in [1.165, 1.54) is 0 Å². The van der Waals surface area contributed by atoms with Gasteiger partial charge >= 0.3 is 0 Å². The number of H-pyrrole nitrogens is 1. The van der Waals surface area contributed by atoms with Gasteiger partial charge in [0.1, 0.15) is 0 Å². The molecule has 0 aliphatic carbocycles. The zero-order valence-corrected chi connectivity index (χ0v) is 7.68. The van der Waals surface area contributed by atoms with Crippen LogP contribution < -0.4 is 5.73 Å². The largest absolute Gasteiger partial charge is 0.335 e. The third-order valence-electron chi connectivity index (χ3n) is 2.44. The molecule has 1 aromatic heterocycles. The maximum absolute atomic E-state index is 11.7. The van der Waals surface area contributed by atoms with E-state index in [2.05, 4.69) is 20.6 Å². The van der Waals surface area contributed by atoms with Crippen molar-refractivity contribution in [1.82, 2.24) is 25.5 Å². The molecule has 7 nitrogen and oxygen atoms in total. The van der Waals surface area contributed by atoms with Crippen LogP contribution in [0.15, 0.2) is 0 Å². The number of rotatable bonds is 2. The van der Waals surface area contributed by atoms with Gasteiger partial charge in [0.05, 0.1) is 0 Å². The minimum atomic E-state index is -0.172. The van der Waals surface area contributed by atoms with Crippen molar-refractivity contribution in [2.75, 3.05) is 19.6 Å². The topological polar surface area (TPSA) is 101 Å². The molecular weight excluding hydrogens is 184 g/mol. The Morgan fingerprint density at radius 1 is 1.71 bits per heavy atom. The molecule has 1 amide bonds. The third-order valence-corrected chi connectivity index (χ3v) is 2.44. The standard InChI is InChI=1S/C7H12N6O/c8-3-5-1-2-13(4-5)7(14)6-9-11-12-10-6/h5H,1-4,8H2,(H,9,10,11,12). The van der Waals surface area contributed by atoms with Gasteiger partial charge in [0.25, 0.3) is 11.7 Å². The highest BCUT2D eigenvalue weighted by Crippen LogP contribution is 2.15. The number of aromatic amines is 1. The van der Waals surface area contributed by atoms with E-state index in [-0.39, 0.29) is 11.7 Å². The lowest BCUT2D eigenvalue weighted by molar-refractivity contribution is 0.0775. The van der Waals surface area contributed by atoms with Crippen molar-refractivity contribution in [3.63, 3.8) is 0 Å².